The quantitative estimate of drug-likeness (QED) is 0.270. The first-order chi connectivity index (χ1) is 20.4. The maximum absolute atomic E-state index is 13.2. The van der Waals surface area contributed by atoms with Crippen molar-refractivity contribution in [3.05, 3.63) is 58.7 Å². The third-order valence-corrected chi connectivity index (χ3v) is 7.58. The van der Waals surface area contributed by atoms with Crippen molar-refractivity contribution in [3.63, 3.8) is 0 Å². The van der Waals surface area contributed by atoms with E-state index in [1.807, 2.05) is 29.2 Å². The summed E-state index contributed by atoms with van der Waals surface area (Å²) in [7, 11) is 1.62. The van der Waals surface area contributed by atoms with Crippen molar-refractivity contribution >= 4 is 40.5 Å². The highest BCUT2D eigenvalue weighted by Crippen LogP contribution is 2.40. The Morgan fingerprint density at radius 1 is 1.17 bits per heavy atom. The number of fused-ring (bicyclic) bond motifs is 1. The van der Waals surface area contributed by atoms with E-state index in [-0.39, 0.29) is 23.3 Å². The molecule has 1 saturated heterocycles. The molecule has 0 radical (unpaired) electrons. The molecule has 3 heterocycles. The molecule has 14 heteroatoms. The fourth-order valence-electron chi connectivity index (χ4n) is 4.96. The number of anilines is 4. The van der Waals surface area contributed by atoms with E-state index < -0.39 is 6.61 Å². The maximum Gasteiger partial charge on any atom is 0.387 e. The molecule has 1 aliphatic carbocycles. The van der Waals surface area contributed by atoms with Gasteiger partial charge in [0, 0.05) is 50.9 Å². The predicted molar refractivity (Wildman–Crippen MR) is 154 cm³/mol. The van der Waals surface area contributed by atoms with Gasteiger partial charge in [-0.25, -0.2) is 0 Å². The van der Waals surface area contributed by atoms with Crippen molar-refractivity contribution in [2.24, 2.45) is 0 Å². The molecule has 2 aromatic heterocycles. The molecule has 42 heavy (non-hydrogen) atoms. The zero-order valence-corrected chi connectivity index (χ0v) is 23.5. The van der Waals surface area contributed by atoms with E-state index in [2.05, 4.69) is 31.7 Å². The molecule has 0 bridgehead atoms. The summed E-state index contributed by atoms with van der Waals surface area (Å²) in [6, 6.07) is 13.0. The molecule has 0 atom stereocenters. The number of rotatable bonds is 10. The van der Waals surface area contributed by atoms with Crippen molar-refractivity contribution in [2.75, 3.05) is 48.4 Å². The number of alkyl halides is 2. The Bertz CT molecular complexity index is 1620. The number of hydrogen-bond acceptors (Lipinski definition) is 10. The van der Waals surface area contributed by atoms with E-state index in [0.717, 1.165) is 37.2 Å². The van der Waals surface area contributed by atoms with Crippen LogP contribution in [0, 0.1) is 11.3 Å². The minimum absolute atomic E-state index is 0.0482. The van der Waals surface area contributed by atoms with Crippen LogP contribution < -0.4 is 29.9 Å². The largest absolute Gasteiger partial charge is 0.497 e. The summed E-state index contributed by atoms with van der Waals surface area (Å²) < 4.78 is 38.1. The summed E-state index contributed by atoms with van der Waals surface area (Å²) in [5.74, 6) is 1.33. The molecule has 4 aromatic rings. The summed E-state index contributed by atoms with van der Waals surface area (Å²) in [5.41, 5.74) is 2.47. The standard InChI is InChI=1S/C28H28ClF2N9O2/c1-41-20-6-2-17(3-7-20)16-39(19-4-5-19)28-37-27(36-25-18(14-32)15-34-40(25)28)35-22-12-21(42-26(30)31)13-23(24(22)29)38-10-8-33-9-11-38/h2-3,6-7,12-13,15,19,26,33H,4-5,8-11,16H2,1H3,(H,35,36). The number of nitriles is 1. The minimum Gasteiger partial charge on any atom is -0.497 e. The lowest BCUT2D eigenvalue weighted by atomic mass is 10.2. The number of ether oxygens (including phenoxy) is 2. The number of halogens is 3. The molecular formula is C28H28ClF2N9O2. The average molecular weight is 596 g/mol. The molecule has 2 N–H and O–H groups in total. The first kappa shape index (κ1) is 27.7. The smallest absolute Gasteiger partial charge is 0.387 e. The van der Waals surface area contributed by atoms with Gasteiger partial charge in [0.1, 0.15) is 23.1 Å². The fraction of sp³-hybridized carbons (Fsp3) is 0.357. The Morgan fingerprint density at radius 3 is 2.60 bits per heavy atom. The van der Waals surface area contributed by atoms with Crippen LogP contribution in [0.4, 0.5) is 32.1 Å². The number of piperazine rings is 1. The van der Waals surface area contributed by atoms with Gasteiger partial charge in [0.15, 0.2) is 5.65 Å². The topological polar surface area (TPSA) is 116 Å². The number of methoxy groups -OCH3 is 1. The van der Waals surface area contributed by atoms with E-state index >= 15 is 0 Å². The molecule has 6 rings (SSSR count). The van der Waals surface area contributed by atoms with Crippen LogP contribution in [-0.4, -0.2) is 65.5 Å². The highest BCUT2D eigenvalue weighted by atomic mass is 35.5. The lowest BCUT2D eigenvalue weighted by Gasteiger charge is -2.31. The third-order valence-electron chi connectivity index (χ3n) is 7.18. The van der Waals surface area contributed by atoms with Crippen molar-refractivity contribution in [1.82, 2.24) is 24.9 Å². The Kier molecular flexibility index (Phi) is 7.82. The van der Waals surface area contributed by atoms with E-state index in [1.54, 1.807) is 11.6 Å². The van der Waals surface area contributed by atoms with Crippen LogP contribution in [-0.2, 0) is 6.54 Å². The minimum atomic E-state index is -3.01. The van der Waals surface area contributed by atoms with Gasteiger partial charge in [-0.15, -0.1) is 0 Å². The molecule has 2 fully saturated rings. The van der Waals surface area contributed by atoms with Gasteiger partial charge in [-0.3, -0.25) is 0 Å². The van der Waals surface area contributed by atoms with Crippen molar-refractivity contribution < 1.29 is 18.3 Å². The zero-order valence-electron chi connectivity index (χ0n) is 22.7. The Morgan fingerprint density at radius 2 is 1.93 bits per heavy atom. The van der Waals surface area contributed by atoms with Gasteiger partial charge in [0.2, 0.25) is 11.9 Å². The van der Waals surface area contributed by atoms with Gasteiger partial charge in [0.25, 0.3) is 0 Å². The first-order valence-corrected chi connectivity index (χ1v) is 13.9. The van der Waals surface area contributed by atoms with E-state index in [4.69, 9.17) is 26.1 Å². The van der Waals surface area contributed by atoms with Crippen LogP contribution in [0.25, 0.3) is 5.65 Å². The van der Waals surface area contributed by atoms with Gasteiger partial charge in [0.05, 0.1) is 29.7 Å². The highest BCUT2D eigenvalue weighted by molar-refractivity contribution is 6.36. The highest BCUT2D eigenvalue weighted by Gasteiger charge is 2.33. The molecule has 0 amide bonds. The zero-order chi connectivity index (χ0) is 29.2. The lowest BCUT2D eigenvalue weighted by Crippen LogP contribution is -2.43. The monoisotopic (exact) mass is 595 g/mol. The molecule has 0 unspecified atom stereocenters. The normalized spacial score (nSPS) is 15.1. The predicted octanol–water partition coefficient (Wildman–Crippen LogP) is 4.58. The molecular weight excluding hydrogens is 568 g/mol. The van der Waals surface area contributed by atoms with E-state index in [0.29, 0.717) is 47.6 Å². The lowest BCUT2D eigenvalue weighted by molar-refractivity contribution is -0.0497. The van der Waals surface area contributed by atoms with Crippen molar-refractivity contribution in [2.45, 2.75) is 32.0 Å². The third kappa shape index (κ3) is 5.81. The second-order valence-electron chi connectivity index (χ2n) is 10.0. The molecule has 1 aliphatic heterocycles. The number of nitrogens with zero attached hydrogens (tertiary/aromatic N) is 7. The van der Waals surface area contributed by atoms with Crippen LogP contribution in [0.15, 0.2) is 42.6 Å². The molecule has 11 nitrogen and oxygen atoms in total. The molecule has 218 valence electrons. The average Bonchev–Trinajstić information content (AvgIpc) is 3.76. The number of benzene rings is 2. The number of nitrogens with one attached hydrogen (secondary N) is 2. The summed E-state index contributed by atoms with van der Waals surface area (Å²) in [6.07, 6.45) is 3.40. The van der Waals surface area contributed by atoms with Crippen LogP contribution in [0.2, 0.25) is 5.02 Å². The maximum atomic E-state index is 13.2. The number of aromatic nitrogens is 4. The summed E-state index contributed by atoms with van der Waals surface area (Å²) >= 11 is 6.84. The molecule has 1 saturated carbocycles. The summed E-state index contributed by atoms with van der Waals surface area (Å²) in [6.45, 7) is 0.272. The van der Waals surface area contributed by atoms with Crippen molar-refractivity contribution in [3.8, 4) is 17.6 Å². The van der Waals surface area contributed by atoms with Gasteiger partial charge >= 0.3 is 6.61 Å². The Balaban J connectivity index is 1.41. The second-order valence-corrected chi connectivity index (χ2v) is 10.4. The van der Waals surface area contributed by atoms with Gasteiger partial charge in [-0.1, -0.05) is 23.7 Å². The Hall–Kier alpha value is -4.41. The van der Waals surface area contributed by atoms with Gasteiger partial charge in [-0.2, -0.15) is 33.6 Å². The van der Waals surface area contributed by atoms with Gasteiger partial charge in [-0.05, 0) is 30.5 Å². The van der Waals surface area contributed by atoms with Crippen LogP contribution in [0.1, 0.15) is 24.0 Å². The summed E-state index contributed by atoms with van der Waals surface area (Å²) in [4.78, 5) is 13.5. The SMILES string of the molecule is COc1ccc(CN(c2nc(Nc3cc(OC(F)F)cc(N4CCNCC4)c3Cl)nc3c(C#N)cnn23)C2CC2)cc1. The van der Waals surface area contributed by atoms with Crippen LogP contribution in [0.5, 0.6) is 11.5 Å². The van der Waals surface area contributed by atoms with E-state index in [1.165, 1.54) is 18.3 Å². The van der Waals surface area contributed by atoms with Crippen LogP contribution >= 0.6 is 11.6 Å². The summed E-state index contributed by atoms with van der Waals surface area (Å²) in [5, 5.41) is 20.9. The van der Waals surface area contributed by atoms with Gasteiger partial charge < -0.3 is 29.9 Å². The molecule has 0 spiro atoms. The fourth-order valence-corrected chi connectivity index (χ4v) is 5.24. The molecule has 2 aromatic carbocycles. The number of hydrogen-bond donors (Lipinski definition) is 2. The second kappa shape index (κ2) is 11.8. The first-order valence-electron chi connectivity index (χ1n) is 13.5. The van der Waals surface area contributed by atoms with Crippen LogP contribution in [0.3, 0.4) is 0 Å². The van der Waals surface area contributed by atoms with Crippen molar-refractivity contribution in [1.29, 1.82) is 5.26 Å². The molecule has 2 aliphatic rings. The Labute approximate surface area is 245 Å². The van der Waals surface area contributed by atoms with E-state index in [9.17, 15) is 14.0 Å².